The van der Waals surface area contributed by atoms with Gasteiger partial charge in [-0.3, -0.25) is 4.79 Å². The molecule has 0 aromatic heterocycles. The number of rotatable bonds is 0. The Hall–Kier alpha value is -0.990. The summed E-state index contributed by atoms with van der Waals surface area (Å²) in [6, 6.07) is 0. The van der Waals surface area contributed by atoms with Gasteiger partial charge in [0.25, 0.3) is 0 Å². The minimum Gasteiger partial charge on any atom is -0.371 e. The van der Waals surface area contributed by atoms with Gasteiger partial charge in [0.2, 0.25) is 5.91 Å². The van der Waals surface area contributed by atoms with Crippen molar-refractivity contribution >= 4 is 5.91 Å². The average Bonchev–Trinajstić information content (AvgIpc) is 1.64. The molecule has 0 spiro atoms. The van der Waals surface area contributed by atoms with Gasteiger partial charge in [-0.05, 0) is 0 Å². The molecule has 0 bridgehead atoms. The van der Waals surface area contributed by atoms with Crippen LogP contribution in [0.2, 0.25) is 0 Å². The number of carbonyl (C=O) groups excluding carboxylic acids is 1. The van der Waals surface area contributed by atoms with Crippen LogP contribution >= 0.6 is 0 Å². The summed E-state index contributed by atoms with van der Waals surface area (Å²) in [5.41, 5.74) is 0.800. The molecule has 1 saturated heterocycles. The Morgan fingerprint density at radius 2 is 2.25 bits per heavy atom. The second kappa shape index (κ2) is 1.86. The van der Waals surface area contributed by atoms with Gasteiger partial charge < -0.3 is 10.6 Å². The third-order valence-corrected chi connectivity index (χ3v) is 0.998. The fraction of sp³-hybridized carbons (Fsp3) is 0.400. The van der Waals surface area contributed by atoms with Crippen molar-refractivity contribution in [3.63, 3.8) is 0 Å². The first-order valence-corrected chi connectivity index (χ1v) is 2.47. The quantitative estimate of drug-likeness (QED) is 0.446. The molecule has 0 aromatic carbocycles. The van der Waals surface area contributed by atoms with Crippen molar-refractivity contribution in [2.24, 2.45) is 0 Å². The van der Waals surface area contributed by atoms with E-state index in [9.17, 15) is 4.79 Å². The van der Waals surface area contributed by atoms with Crippen molar-refractivity contribution in [2.75, 3.05) is 6.67 Å². The van der Waals surface area contributed by atoms with Gasteiger partial charge in [0.1, 0.15) is 0 Å². The lowest BCUT2D eigenvalue weighted by Gasteiger charge is -2.15. The van der Waals surface area contributed by atoms with Gasteiger partial charge in [0.05, 0.1) is 13.1 Å². The zero-order valence-electron chi connectivity index (χ0n) is 4.53. The summed E-state index contributed by atoms with van der Waals surface area (Å²) in [6.45, 7) is 4.12. The van der Waals surface area contributed by atoms with Gasteiger partial charge in [-0.25, -0.2) is 0 Å². The van der Waals surface area contributed by atoms with Crippen molar-refractivity contribution in [2.45, 2.75) is 6.42 Å². The molecule has 2 N–H and O–H groups in total. The smallest absolute Gasteiger partial charge is 0.227 e. The van der Waals surface area contributed by atoms with Gasteiger partial charge in [0.15, 0.2) is 0 Å². The predicted octanol–water partition coefficient (Wildman–Crippen LogP) is -0.433. The van der Waals surface area contributed by atoms with E-state index in [0.717, 1.165) is 5.70 Å². The summed E-state index contributed by atoms with van der Waals surface area (Å²) >= 11 is 0. The highest BCUT2D eigenvalue weighted by atomic mass is 16.1. The van der Waals surface area contributed by atoms with Crippen LogP contribution in [0.3, 0.4) is 0 Å². The number of carbonyl (C=O) groups is 1. The minimum atomic E-state index is 0.0498. The number of hydrogen-bond donors (Lipinski definition) is 2. The van der Waals surface area contributed by atoms with Crippen LogP contribution < -0.4 is 10.6 Å². The van der Waals surface area contributed by atoms with Crippen LogP contribution in [-0.2, 0) is 4.79 Å². The Morgan fingerprint density at radius 3 is 2.62 bits per heavy atom. The highest BCUT2D eigenvalue weighted by molar-refractivity contribution is 5.79. The van der Waals surface area contributed by atoms with Crippen molar-refractivity contribution in [3.8, 4) is 0 Å². The monoisotopic (exact) mass is 112 g/mol. The van der Waals surface area contributed by atoms with Crippen LogP contribution in [0.5, 0.6) is 0 Å². The molecule has 1 heterocycles. The molecule has 1 amide bonds. The molecule has 0 radical (unpaired) electrons. The van der Waals surface area contributed by atoms with E-state index in [1.807, 2.05) is 0 Å². The molecule has 3 nitrogen and oxygen atoms in total. The summed E-state index contributed by atoms with van der Waals surface area (Å²) in [6.07, 6.45) is 0.417. The Labute approximate surface area is 47.8 Å². The summed E-state index contributed by atoms with van der Waals surface area (Å²) in [7, 11) is 0. The maximum Gasteiger partial charge on any atom is 0.227 e. The van der Waals surface area contributed by atoms with E-state index < -0.39 is 0 Å². The Kier molecular flexibility index (Phi) is 1.20. The molecule has 0 aliphatic carbocycles. The summed E-state index contributed by atoms with van der Waals surface area (Å²) in [4.78, 5) is 10.5. The maximum absolute atomic E-state index is 10.5. The third-order valence-electron chi connectivity index (χ3n) is 0.998. The molecule has 0 saturated carbocycles. The molecule has 3 heteroatoms. The molecule has 8 heavy (non-hydrogen) atoms. The molecule has 44 valence electrons. The van der Waals surface area contributed by atoms with Crippen LogP contribution in [-0.4, -0.2) is 12.6 Å². The Bertz CT molecular complexity index is 116. The molecule has 0 unspecified atom stereocenters. The second-order valence-electron chi connectivity index (χ2n) is 1.73. The number of nitrogens with one attached hydrogen (secondary N) is 2. The lowest BCUT2D eigenvalue weighted by molar-refractivity contribution is -0.121. The lowest BCUT2D eigenvalue weighted by Crippen LogP contribution is -2.39. The average molecular weight is 112 g/mol. The number of hydrogen-bond acceptors (Lipinski definition) is 2. The van der Waals surface area contributed by atoms with Crippen molar-refractivity contribution in [1.82, 2.24) is 10.6 Å². The highest BCUT2D eigenvalue weighted by Crippen LogP contribution is 1.94. The second-order valence-corrected chi connectivity index (χ2v) is 1.73. The van der Waals surface area contributed by atoms with Crippen LogP contribution in [0.25, 0.3) is 0 Å². The van der Waals surface area contributed by atoms with E-state index in [-0.39, 0.29) is 5.91 Å². The van der Waals surface area contributed by atoms with E-state index in [2.05, 4.69) is 17.2 Å². The van der Waals surface area contributed by atoms with E-state index in [4.69, 9.17) is 0 Å². The van der Waals surface area contributed by atoms with E-state index in [0.29, 0.717) is 13.1 Å². The molecule has 1 fully saturated rings. The summed E-state index contributed by atoms with van der Waals surface area (Å²) in [5, 5.41) is 5.49. The van der Waals surface area contributed by atoms with Gasteiger partial charge in [0, 0.05) is 5.70 Å². The predicted molar refractivity (Wildman–Crippen MR) is 29.9 cm³/mol. The van der Waals surface area contributed by atoms with Gasteiger partial charge in [-0.2, -0.15) is 0 Å². The standard InChI is InChI=1S/C5H8N2O/c1-4-2-5(8)7-3-6-4/h6H,1-3H2,(H,7,8). The summed E-state index contributed by atoms with van der Waals surface area (Å²) < 4.78 is 0. The topological polar surface area (TPSA) is 41.1 Å². The Morgan fingerprint density at radius 1 is 1.50 bits per heavy atom. The molecule has 1 aliphatic heterocycles. The maximum atomic E-state index is 10.5. The Balaban J connectivity index is 2.45. The van der Waals surface area contributed by atoms with E-state index in [1.165, 1.54) is 0 Å². The highest BCUT2D eigenvalue weighted by Gasteiger charge is 2.07. The first-order valence-electron chi connectivity index (χ1n) is 2.47. The van der Waals surface area contributed by atoms with Crippen molar-refractivity contribution in [1.29, 1.82) is 0 Å². The SMILES string of the molecule is C=C1CC(=O)NCN1. The zero-order chi connectivity index (χ0) is 5.98. The van der Waals surface area contributed by atoms with Crippen LogP contribution in [0.15, 0.2) is 12.3 Å². The van der Waals surface area contributed by atoms with Gasteiger partial charge in [-0.1, -0.05) is 6.58 Å². The van der Waals surface area contributed by atoms with Crippen LogP contribution in [0.1, 0.15) is 6.42 Å². The van der Waals surface area contributed by atoms with Gasteiger partial charge in [-0.15, -0.1) is 0 Å². The molecule has 1 aliphatic rings. The van der Waals surface area contributed by atoms with Crippen LogP contribution in [0.4, 0.5) is 0 Å². The number of amides is 1. The van der Waals surface area contributed by atoms with Crippen molar-refractivity contribution < 1.29 is 4.79 Å². The first kappa shape index (κ1) is 5.15. The van der Waals surface area contributed by atoms with E-state index in [1.54, 1.807) is 0 Å². The molecular formula is C5H8N2O. The van der Waals surface area contributed by atoms with Crippen LogP contribution in [0, 0.1) is 0 Å². The zero-order valence-corrected chi connectivity index (χ0v) is 4.53. The fourth-order valence-corrected chi connectivity index (χ4v) is 0.587. The van der Waals surface area contributed by atoms with E-state index >= 15 is 0 Å². The van der Waals surface area contributed by atoms with Crippen molar-refractivity contribution in [3.05, 3.63) is 12.3 Å². The normalized spacial score (nSPS) is 19.5. The summed E-state index contributed by atoms with van der Waals surface area (Å²) in [5.74, 6) is 0.0498. The fourth-order valence-electron chi connectivity index (χ4n) is 0.587. The molecular weight excluding hydrogens is 104 g/mol. The lowest BCUT2D eigenvalue weighted by atomic mass is 10.3. The van der Waals surface area contributed by atoms with Gasteiger partial charge >= 0.3 is 0 Å². The molecule has 1 rings (SSSR count). The minimum absolute atomic E-state index is 0.0498. The largest absolute Gasteiger partial charge is 0.371 e. The third kappa shape index (κ3) is 0.992. The molecule has 0 atom stereocenters. The first-order chi connectivity index (χ1) is 3.79. The molecule has 0 aromatic rings.